The molecule has 0 aliphatic heterocycles. The van der Waals surface area contributed by atoms with Crippen molar-refractivity contribution in [2.24, 2.45) is 0 Å². The second kappa shape index (κ2) is 3.31. The Morgan fingerprint density at radius 2 is 1.82 bits per heavy atom. The van der Waals surface area contributed by atoms with Crippen molar-refractivity contribution in [3.8, 4) is 0 Å². The molecule has 17 heavy (non-hydrogen) atoms. The Hall–Kier alpha value is -2.36. The van der Waals surface area contributed by atoms with Crippen LogP contribution in [0.2, 0.25) is 0 Å². The molecule has 0 bridgehead atoms. The molecule has 3 rings (SSSR count). The minimum absolute atomic E-state index is 0.0655. The molecule has 0 fully saturated rings. The van der Waals surface area contributed by atoms with E-state index >= 15 is 0 Å². The number of aromatic nitrogens is 1. The fourth-order valence-corrected chi connectivity index (χ4v) is 2.05. The highest BCUT2D eigenvalue weighted by Crippen LogP contribution is 2.28. The van der Waals surface area contributed by atoms with Gasteiger partial charge >= 0.3 is 5.97 Å². The molecule has 4 heteroatoms. The van der Waals surface area contributed by atoms with Gasteiger partial charge in [0.1, 0.15) is 11.5 Å². The molecule has 1 heterocycles. The Morgan fingerprint density at radius 1 is 1.12 bits per heavy atom. The lowest BCUT2D eigenvalue weighted by Gasteiger charge is -2.00. The smallest absolute Gasteiger partial charge is 0.352 e. The number of hydrogen-bond donors (Lipinski definition) is 2. The van der Waals surface area contributed by atoms with Gasteiger partial charge in [-0.15, -0.1) is 0 Å². The van der Waals surface area contributed by atoms with Crippen molar-refractivity contribution in [2.75, 3.05) is 0 Å². The van der Waals surface area contributed by atoms with Crippen LogP contribution in [0.25, 0.3) is 21.7 Å². The summed E-state index contributed by atoms with van der Waals surface area (Å²) in [5.41, 5.74) is 0.564. The van der Waals surface area contributed by atoms with Gasteiger partial charge in [0.2, 0.25) is 0 Å². The minimum atomic E-state index is -1.05. The first kappa shape index (κ1) is 9.84. The van der Waals surface area contributed by atoms with Crippen molar-refractivity contribution in [1.82, 2.24) is 4.98 Å². The Morgan fingerprint density at radius 3 is 2.53 bits per heavy atom. The first-order chi connectivity index (χ1) is 8.16. The largest absolute Gasteiger partial charge is 0.477 e. The number of rotatable bonds is 1. The molecule has 0 saturated carbocycles. The number of fused-ring (bicyclic) bond motifs is 3. The van der Waals surface area contributed by atoms with Crippen LogP contribution in [0.1, 0.15) is 10.5 Å². The monoisotopic (exact) mass is 229 g/mol. The predicted octanol–water partition coefficient (Wildman–Crippen LogP) is 3.16. The van der Waals surface area contributed by atoms with Crippen LogP contribution in [0, 0.1) is 5.82 Å². The summed E-state index contributed by atoms with van der Waals surface area (Å²) in [7, 11) is 0. The zero-order valence-corrected chi connectivity index (χ0v) is 8.70. The molecule has 0 aliphatic rings. The molecule has 2 aromatic carbocycles. The third-order valence-electron chi connectivity index (χ3n) is 2.82. The first-order valence-electron chi connectivity index (χ1n) is 5.10. The number of carbonyl (C=O) groups is 1. The van der Waals surface area contributed by atoms with Gasteiger partial charge < -0.3 is 10.1 Å². The van der Waals surface area contributed by atoms with Crippen molar-refractivity contribution in [1.29, 1.82) is 0 Å². The third kappa shape index (κ3) is 1.38. The lowest BCUT2D eigenvalue weighted by atomic mass is 10.1. The highest BCUT2D eigenvalue weighted by molar-refractivity contribution is 6.09. The summed E-state index contributed by atoms with van der Waals surface area (Å²) in [6.45, 7) is 0. The van der Waals surface area contributed by atoms with Gasteiger partial charge in [0.15, 0.2) is 0 Å². The summed E-state index contributed by atoms with van der Waals surface area (Å²) in [5, 5.41) is 10.8. The Labute approximate surface area is 95.5 Å². The molecule has 0 unspecified atom stereocenters. The van der Waals surface area contributed by atoms with Gasteiger partial charge in [-0.3, -0.25) is 0 Å². The summed E-state index contributed by atoms with van der Waals surface area (Å²) in [4.78, 5) is 13.6. The molecule has 0 amide bonds. The van der Waals surface area contributed by atoms with Gasteiger partial charge in [-0.25, -0.2) is 9.18 Å². The summed E-state index contributed by atoms with van der Waals surface area (Å²) in [6.07, 6.45) is 0. The third-order valence-corrected chi connectivity index (χ3v) is 2.82. The molecule has 84 valence electrons. The molecule has 0 radical (unpaired) electrons. The van der Waals surface area contributed by atoms with Crippen LogP contribution in [0.3, 0.4) is 0 Å². The highest BCUT2D eigenvalue weighted by atomic mass is 19.1. The molecule has 0 atom stereocenters. The van der Waals surface area contributed by atoms with E-state index in [0.717, 1.165) is 5.39 Å². The maximum absolute atomic E-state index is 13.8. The quantitative estimate of drug-likeness (QED) is 0.673. The number of halogens is 1. The molecular formula is C13H8FNO2. The number of carboxylic acid groups (broad SMARTS) is 1. The van der Waals surface area contributed by atoms with E-state index in [4.69, 9.17) is 5.11 Å². The topological polar surface area (TPSA) is 53.1 Å². The van der Waals surface area contributed by atoms with Crippen molar-refractivity contribution >= 4 is 27.6 Å². The number of aromatic carboxylic acids is 1. The summed E-state index contributed by atoms with van der Waals surface area (Å²) >= 11 is 0. The molecule has 3 nitrogen and oxygen atoms in total. The first-order valence-corrected chi connectivity index (χ1v) is 5.10. The van der Waals surface area contributed by atoms with E-state index in [9.17, 15) is 9.18 Å². The lowest BCUT2D eigenvalue weighted by Crippen LogP contribution is -1.94. The van der Waals surface area contributed by atoms with Crippen molar-refractivity contribution in [3.63, 3.8) is 0 Å². The summed E-state index contributed by atoms with van der Waals surface area (Å²) < 4.78 is 13.8. The normalized spacial score (nSPS) is 11.1. The summed E-state index contributed by atoms with van der Waals surface area (Å²) in [6, 6.07) is 9.86. The highest BCUT2D eigenvalue weighted by Gasteiger charge is 2.11. The minimum Gasteiger partial charge on any atom is -0.477 e. The van der Waals surface area contributed by atoms with Crippen LogP contribution in [0.5, 0.6) is 0 Å². The van der Waals surface area contributed by atoms with Crippen LogP contribution < -0.4 is 0 Å². The van der Waals surface area contributed by atoms with Crippen LogP contribution in [-0.4, -0.2) is 16.1 Å². The molecular weight excluding hydrogens is 221 g/mol. The number of hydrogen-bond acceptors (Lipinski definition) is 1. The maximum Gasteiger partial charge on any atom is 0.352 e. The fourth-order valence-electron chi connectivity index (χ4n) is 2.05. The number of carboxylic acids is 1. The van der Waals surface area contributed by atoms with Gasteiger partial charge in [-0.2, -0.15) is 0 Å². The Kier molecular flexibility index (Phi) is 1.92. The van der Waals surface area contributed by atoms with Crippen LogP contribution in [0.4, 0.5) is 4.39 Å². The van der Waals surface area contributed by atoms with E-state index in [-0.39, 0.29) is 11.5 Å². The van der Waals surface area contributed by atoms with E-state index in [1.807, 2.05) is 0 Å². The number of H-pyrrole nitrogens is 1. The maximum atomic E-state index is 13.8. The second-order valence-electron chi connectivity index (χ2n) is 3.85. The number of nitrogens with one attached hydrogen (secondary N) is 1. The zero-order valence-electron chi connectivity index (χ0n) is 8.70. The van der Waals surface area contributed by atoms with Crippen molar-refractivity contribution in [3.05, 3.63) is 47.9 Å². The average molecular weight is 229 g/mol. The zero-order chi connectivity index (χ0) is 12.0. The Bertz CT molecular complexity index is 746. The van der Waals surface area contributed by atoms with Crippen molar-refractivity contribution < 1.29 is 14.3 Å². The molecule has 2 N–H and O–H groups in total. The molecule has 0 aliphatic carbocycles. The second-order valence-corrected chi connectivity index (χ2v) is 3.85. The van der Waals surface area contributed by atoms with Crippen LogP contribution >= 0.6 is 0 Å². The van der Waals surface area contributed by atoms with Gasteiger partial charge in [0.05, 0.1) is 0 Å². The lowest BCUT2D eigenvalue weighted by molar-refractivity contribution is 0.0691. The van der Waals surface area contributed by atoms with Crippen LogP contribution in [-0.2, 0) is 0 Å². The van der Waals surface area contributed by atoms with E-state index in [1.165, 1.54) is 12.1 Å². The van der Waals surface area contributed by atoms with E-state index in [0.29, 0.717) is 16.3 Å². The Balaban J connectivity index is 2.50. The molecule has 1 aromatic heterocycles. The SMILES string of the molecule is O=C(O)c1cc2c(cc(F)c3ccccc32)[nH]1. The summed E-state index contributed by atoms with van der Waals surface area (Å²) in [5.74, 6) is -1.41. The standard InChI is InChI=1S/C13H8FNO2/c14-10-6-11-9(5-12(15-11)13(16)17)7-3-1-2-4-8(7)10/h1-6,15H,(H,16,17). The number of benzene rings is 2. The van der Waals surface area contributed by atoms with Gasteiger partial charge in [-0.05, 0) is 17.5 Å². The molecule has 0 saturated heterocycles. The molecule has 3 aromatic rings. The van der Waals surface area contributed by atoms with E-state index in [1.54, 1.807) is 24.3 Å². The predicted molar refractivity (Wildman–Crippen MR) is 62.7 cm³/mol. The molecule has 0 spiro atoms. The van der Waals surface area contributed by atoms with Gasteiger partial charge in [0, 0.05) is 16.3 Å². The van der Waals surface area contributed by atoms with Crippen molar-refractivity contribution in [2.45, 2.75) is 0 Å². The van der Waals surface area contributed by atoms with Crippen LogP contribution in [0.15, 0.2) is 36.4 Å². The van der Waals surface area contributed by atoms with E-state index < -0.39 is 5.97 Å². The van der Waals surface area contributed by atoms with Gasteiger partial charge in [-0.1, -0.05) is 24.3 Å². The fraction of sp³-hybridized carbons (Fsp3) is 0. The average Bonchev–Trinajstić information content (AvgIpc) is 2.73. The number of aromatic amines is 1. The van der Waals surface area contributed by atoms with E-state index in [2.05, 4.69) is 4.98 Å². The van der Waals surface area contributed by atoms with Gasteiger partial charge in [0.25, 0.3) is 0 Å².